The lowest BCUT2D eigenvalue weighted by Gasteiger charge is -2.10. The van der Waals surface area contributed by atoms with Crippen molar-refractivity contribution >= 4 is 33.2 Å². The van der Waals surface area contributed by atoms with Crippen molar-refractivity contribution in [3.8, 4) is 0 Å². The van der Waals surface area contributed by atoms with E-state index in [4.69, 9.17) is 16.3 Å². The molecule has 0 aromatic heterocycles. The second-order valence-electron chi connectivity index (χ2n) is 5.40. The Kier molecular flexibility index (Phi) is 6.96. The molecule has 0 saturated carbocycles. The molecule has 0 unspecified atom stereocenters. The van der Waals surface area contributed by atoms with Crippen molar-refractivity contribution in [1.29, 1.82) is 0 Å². The summed E-state index contributed by atoms with van der Waals surface area (Å²) in [5.41, 5.74) is 1.04. The first-order chi connectivity index (χ1) is 12.3. The zero-order chi connectivity index (χ0) is 19.2. The first-order valence-electron chi connectivity index (χ1n) is 7.64. The number of halogens is 2. The van der Waals surface area contributed by atoms with E-state index in [1.165, 1.54) is 0 Å². The summed E-state index contributed by atoms with van der Waals surface area (Å²) in [4.78, 5) is 11.6. The molecule has 1 amide bonds. The molecule has 0 bridgehead atoms. The van der Waals surface area contributed by atoms with Crippen LogP contribution >= 0.6 is 11.6 Å². The van der Waals surface area contributed by atoms with Gasteiger partial charge in [0, 0.05) is 19.3 Å². The van der Waals surface area contributed by atoms with Crippen molar-refractivity contribution in [2.24, 2.45) is 0 Å². The highest BCUT2D eigenvalue weighted by molar-refractivity contribution is 7.92. The summed E-state index contributed by atoms with van der Waals surface area (Å²) in [6.45, 7) is 0.854. The van der Waals surface area contributed by atoms with Crippen molar-refractivity contribution in [3.05, 3.63) is 58.9 Å². The van der Waals surface area contributed by atoms with Gasteiger partial charge in [0.2, 0.25) is 5.91 Å². The largest absolute Gasteiger partial charge is 0.383 e. The van der Waals surface area contributed by atoms with Crippen LogP contribution < -0.4 is 10.0 Å². The first kappa shape index (κ1) is 20.2. The summed E-state index contributed by atoms with van der Waals surface area (Å²) in [5, 5.41) is 2.42. The Morgan fingerprint density at radius 1 is 1.19 bits per heavy atom. The summed E-state index contributed by atoms with van der Waals surface area (Å²) in [5.74, 6) is -0.852. The van der Waals surface area contributed by atoms with Crippen molar-refractivity contribution in [2.45, 2.75) is 11.3 Å². The topological polar surface area (TPSA) is 84.5 Å². The molecule has 9 heteroatoms. The predicted molar refractivity (Wildman–Crippen MR) is 97.3 cm³/mol. The van der Waals surface area contributed by atoms with Gasteiger partial charge in [-0.05, 0) is 35.9 Å². The van der Waals surface area contributed by atoms with Crippen LogP contribution in [0.3, 0.4) is 0 Å². The fourth-order valence-electron chi connectivity index (χ4n) is 2.09. The number of carbonyl (C=O) groups is 1. The van der Waals surface area contributed by atoms with Crippen LogP contribution in [0.1, 0.15) is 5.56 Å². The highest BCUT2D eigenvalue weighted by Gasteiger charge is 2.16. The third kappa shape index (κ3) is 5.69. The van der Waals surface area contributed by atoms with E-state index in [9.17, 15) is 17.6 Å². The average molecular weight is 401 g/mol. The van der Waals surface area contributed by atoms with Crippen LogP contribution in [0, 0.1) is 5.82 Å². The van der Waals surface area contributed by atoms with Gasteiger partial charge in [-0.25, -0.2) is 12.8 Å². The molecule has 0 saturated heterocycles. The zero-order valence-electron chi connectivity index (χ0n) is 14.0. The van der Waals surface area contributed by atoms with E-state index in [0.29, 0.717) is 18.8 Å². The van der Waals surface area contributed by atoms with Crippen LogP contribution in [0.4, 0.5) is 10.1 Å². The number of methoxy groups -OCH3 is 1. The van der Waals surface area contributed by atoms with Gasteiger partial charge in [-0.1, -0.05) is 23.7 Å². The van der Waals surface area contributed by atoms with E-state index in [0.717, 1.165) is 23.8 Å². The summed E-state index contributed by atoms with van der Waals surface area (Å²) in [6.07, 6.45) is 0.171. The van der Waals surface area contributed by atoms with Crippen LogP contribution in [0.2, 0.25) is 5.02 Å². The summed E-state index contributed by atoms with van der Waals surface area (Å²) in [7, 11) is -2.35. The predicted octanol–water partition coefficient (Wildman–Crippen LogP) is 2.58. The third-order valence-corrected chi connectivity index (χ3v) is 5.07. The number of amides is 1. The maximum atomic E-state index is 13.2. The van der Waals surface area contributed by atoms with E-state index in [-0.39, 0.29) is 22.2 Å². The molecule has 0 fully saturated rings. The quantitative estimate of drug-likeness (QED) is 0.667. The molecule has 0 aliphatic heterocycles. The summed E-state index contributed by atoms with van der Waals surface area (Å²) in [6, 6.07) is 9.53. The van der Waals surface area contributed by atoms with Crippen molar-refractivity contribution in [1.82, 2.24) is 5.32 Å². The normalized spacial score (nSPS) is 11.2. The second kappa shape index (κ2) is 8.98. The molecule has 0 spiro atoms. The molecule has 0 atom stereocenters. The minimum absolute atomic E-state index is 0.148. The smallest absolute Gasteiger partial charge is 0.261 e. The lowest BCUT2D eigenvalue weighted by Crippen LogP contribution is -2.28. The molecule has 2 aromatic rings. The maximum absolute atomic E-state index is 13.2. The van der Waals surface area contributed by atoms with Gasteiger partial charge in [-0.3, -0.25) is 9.52 Å². The molecule has 0 aliphatic carbocycles. The van der Waals surface area contributed by atoms with Gasteiger partial charge in [0.15, 0.2) is 0 Å². The number of sulfonamides is 1. The van der Waals surface area contributed by atoms with Crippen molar-refractivity contribution in [2.75, 3.05) is 25.0 Å². The summed E-state index contributed by atoms with van der Waals surface area (Å²) >= 11 is 5.62. The van der Waals surface area contributed by atoms with Gasteiger partial charge in [-0.2, -0.15) is 0 Å². The monoisotopic (exact) mass is 400 g/mol. The molecular weight excluding hydrogens is 383 g/mol. The van der Waals surface area contributed by atoms with E-state index < -0.39 is 15.8 Å². The molecule has 0 aliphatic rings. The zero-order valence-corrected chi connectivity index (χ0v) is 15.5. The Bertz CT molecular complexity index is 873. The minimum atomic E-state index is -3.90. The fraction of sp³-hybridized carbons (Fsp3) is 0.235. The van der Waals surface area contributed by atoms with Crippen LogP contribution in [0.25, 0.3) is 0 Å². The molecule has 140 valence electrons. The number of ether oxygens (including phenoxy) is 1. The minimum Gasteiger partial charge on any atom is -0.383 e. The van der Waals surface area contributed by atoms with Crippen LogP contribution in [0.5, 0.6) is 0 Å². The SMILES string of the molecule is COCCNC(=O)Cc1ccc(NS(=O)(=O)c2ccc(F)c(Cl)c2)cc1. The Balaban J connectivity index is 2.01. The maximum Gasteiger partial charge on any atom is 0.261 e. The number of nitrogens with one attached hydrogen (secondary N) is 2. The molecule has 0 heterocycles. The molecule has 6 nitrogen and oxygen atoms in total. The molecule has 2 rings (SSSR count). The van der Waals surface area contributed by atoms with E-state index in [2.05, 4.69) is 10.0 Å². The Hall–Kier alpha value is -2.16. The van der Waals surface area contributed by atoms with Gasteiger partial charge < -0.3 is 10.1 Å². The van der Waals surface area contributed by atoms with E-state index in [1.54, 1.807) is 31.4 Å². The highest BCUT2D eigenvalue weighted by Crippen LogP contribution is 2.22. The number of anilines is 1. The number of carbonyl (C=O) groups excluding carboxylic acids is 1. The molecule has 26 heavy (non-hydrogen) atoms. The standard InChI is InChI=1S/C17H18ClFN2O4S/c1-25-9-8-20-17(22)10-12-2-4-13(5-3-12)21-26(23,24)14-6-7-16(19)15(18)11-14/h2-7,11,21H,8-10H2,1H3,(H,20,22). The van der Waals surface area contributed by atoms with Crippen molar-refractivity contribution < 1.29 is 22.3 Å². The Morgan fingerprint density at radius 3 is 2.50 bits per heavy atom. The van der Waals surface area contributed by atoms with Gasteiger partial charge in [-0.15, -0.1) is 0 Å². The third-order valence-electron chi connectivity index (χ3n) is 3.40. The number of benzene rings is 2. The van der Waals surface area contributed by atoms with Crippen LogP contribution in [-0.2, 0) is 26.0 Å². The number of rotatable bonds is 8. The Labute approximate surface area is 156 Å². The van der Waals surface area contributed by atoms with E-state index in [1.807, 2.05) is 0 Å². The fourth-order valence-corrected chi connectivity index (χ4v) is 3.42. The van der Waals surface area contributed by atoms with Crippen LogP contribution in [0.15, 0.2) is 47.4 Å². The second-order valence-corrected chi connectivity index (χ2v) is 7.49. The lowest BCUT2D eigenvalue weighted by atomic mass is 10.1. The van der Waals surface area contributed by atoms with Gasteiger partial charge >= 0.3 is 0 Å². The van der Waals surface area contributed by atoms with Gasteiger partial charge in [0.1, 0.15) is 5.82 Å². The lowest BCUT2D eigenvalue weighted by molar-refractivity contribution is -0.120. The first-order valence-corrected chi connectivity index (χ1v) is 9.50. The molecule has 2 N–H and O–H groups in total. The molecular formula is C17H18ClFN2O4S. The van der Waals surface area contributed by atoms with Gasteiger partial charge in [0.05, 0.1) is 22.9 Å². The number of hydrogen-bond acceptors (Lipinski definition) is 4. The Morgan fingerprint density at radius 2 is 1.88 bits per heavy atom. The number of hydrogen-bond donors (Lipinski definition) is 2. The van der Waals surface area contributed by atoms with Gasteiger partial charge in [0.25, 0.3) is 10.0 Å². The average Bonchev–Trinajstić information content (AvgIpc) is 2.59. The van der Waals surface area contributed by atoms with Crippen molar-refractivity contribution in [3.63, 3.8) is 0 Å². The summed E-state index contributed by atoms with van der Waals surface area (Å²) < 4.78 is 45.0. The highest BCUT2D eigenvalue weighted by atomic mass is 35.5. The molecule has 2 aromatic carbocycles. The molecule has 0 radical (unpaired) electrons. The van der Waals surface area contributed by atoms with E-state index >= 15 is 0 Å². The van der Waals surface area contributed by atoms with Crippen LogP contribution in [-0.4, -0.2) is 34.6 Å².